The van der Waals surface area contributed by atoms with Gasteiger partial charge in [0.05, 0.1) is 27.5 Å². The van der Waals surface area contributed by atoms with Crippen LogP contribution >= 0.6 is 23.7 Å². The number of imidazole rings is 1. The van der Waals surface area contributed by atoms with Crippen molar-refractivity contribution < 1.29 is 14.3 Å². The number of likely N-dealkylation sites (N-methyl/N-ethyl adjacent to an activating group) is 1. The van der Waals surface area contributed by atoms with Crippen molar-refractivity contribution >= 4 is 67.6 Å². The van der Waals surface area contributed by atoms with Crippen LogP contribution in [-0.4, -0.2) is 75.9 Å². The zero-order valence-corrected chi connectivity index (χ0v) is 21.8. The van der Waals surface area contributed by atoms with Crippen molar-refractivity contribution in [3.63, 3.8) is 0 Å². The highest BCUT2D eigenvalue weighted by atomic mass is 35.5. The number of rotatable bonds is 6. The molecule has 0 aliphatic carbocycles. The molecule has 5 rings (SSSR count). The first-order valence-electron chi connectivity index (χ1n) is 11.4. The van der Waals surface area contributed by atoms with Crippen LogP contribution < -0.4 is 15.8 Å². The number of carbonyl (C=O) groups is 2. The lowest BCUT2D eigenvalue weighted by molar-refractivity contribution is 0.0653. The number of hydrogen-bond acceptors (Lipinski definition) is 8. The number of fused-ring (bicyclic) bond motifs is 3. The van der Waals surface area contributed by atoms with Crippen molar-refractivity contribution in [2.45, 2.75) is 20.0 Å². The number of nitrogens with one attached hydrogen (secondary N) is 2. The summed E-state index contributed by atoms with van der Waals surface area (Å²) >= 11 is 1.45. The maximum Gasteiger partial charge on any atom is 0.289 e. The van der Waals surface area contributed by atoms with Crippen molar-refractivity contribution in [1.82, 2.24) is 24.8 Å². The van der Waals surface area contributed by atoms with E-state index in [0.717, 1.165) is 23.3 Å². The largest absolute Gasteiger partial charge is 0.489 e. The van der Waals surface area contributed by atoms with Crippen LogP contribution in [0.25, 0.3) is 21.3 Å². The summed E-state index contributed by atoms with van der Waals surface area (Å²) in [5.41, 5.74) is 8.56. The van der Waals surface area contributed by atoms with E-state index in [9.17, 15) is 9.59 Å². The molecule has 12 heteroatoms. The molecule has 0 unspecified atom stereocenters. The summed E-state index contributed by atoms with van der Waals surface area (Å²) in [7, 11) is 2.05. The number of nitrogens with zero attached hydrogens (tertiary/aromatic N) is 4. The Hall–Kier alpha value is -3.41. The Morgan fingerprint density at radius 1 is 1.14 bits per heavy atom. The van der Waals surface area contributed by atoms with Crippen LogP contribution in [0.15, 0.2) is 30.3 Å². The number of piperazine rings is 1. The number of halogens is 1. The first kappa shape index (κ1) is 25.7. The van der Waals surface area contributed by atoms with Gasteiger partial charge in [0, 0.05) is 31.7 Å². The molecule has 4 aromatic rings. The fourth-order valence-corrected chi connectivity index (χ4v) is 4.92. The molecule has 0 bridgehead atoms. The third-order valence-electron chi connectivity index (χ3n) is 5.88. The number of primary amides is 1. The van der Waals surface area contributed by atoms with E-state index < -0.39 is 5.91 Å². The van der Waals surface area contributed by atoms with Gasteiger partial charge < -0.3 is 30.6 Å². The molecule has 2 amide bonds. The Labute approximate surface area is 218 Å². The molecular weight excluding hydrogens is 502 g/mol. The number of carbonyl (C=O) groups excluding carboxylic acids is 2. The lowest BCUT2D eigenvalue weighted by atomic mass is 10.1. The van der Waals surface area contributed by atoms with E-state index in [4.69, 9.17) is 15.5 Å². The summed E-state index contributed by atoms with van der Waals surface area (Å²) in [6.07, 6.45) is -0.0498. The van der Waals surface area contributed by atoms with Crippen LogP contribution in [-0.2, 0) is 0 Å². The molecule has 1 aliphatic rings. The standard InChI is InChI=1S/C24H27N7O3S.ClH/c1-13(2)34-17-6-4-14(21(25)32)12-16(17)27-24-29-20-18(35-24)7-5-15-19(20)28-22(26-15)23(33)31-10-8-30(3)9-11-31;/h4-7,12-13H,8-11H2,1-3H3,(H2,25,32)(H,26,28)(H,27,29);1H. The molecule has 190 valence electrons. The van der Waals surface area contributed by atoms with Gasteiger partial charge in [-0.25, -0.2) is 9.97 Å². The van der Waals surface area contributed by atoms with E-state index in [-0.39, 0.29) is 24.4 Å². The third kappa shape index (κ3) is 5.08. The van der Waals surface area contributed by atoms with Gasteiger partial charge in [0.1, 0.15) is 11.3 Å². The summed E-state index contributed by atoms with van der Waals surface area (Å²) in [6.45, 7) is 6.90. The molecule has 1 fully saturated rings. The Morgan fingerprint density at radius 2 is 1.89 bits per heavy atom. The molecule has 10 nitrogen and oxygen atoms in total. The average molecular weight is 530 g/mol. The predicted octanol–water partition coefficient (Wildman–Crippen LogP) is 3.61. The highest BCUT2D eigenvalue weighted by molar-refractivity contribution is 7.22. The van der Waals surface area contributed by atoms with Crippen molar-refractivity contribution in [2.24, 2.45) is 5.73 Å². The molecule has 36 heavy (non-hydrogen) atoms. The lowest BCUT2D eigenvalue weighted by Gasteiger charge is -2.31. The summed E-state index contributed by atoms with van der Waals surface area (Å²) in [4.78, 5) is 41.2. The number of aromatic nitrogens is 3. The highest BCUT2D eigenvalue weighted by Gasteiger charge is 2.24. The van der Waals surface area contributed by atoms with Crippen molar-refractivity contribution in [2.75, 3.05) is 38.5 Å². The van der Waals surface area contributed by atoms with Gasteiger partial charge >= 0.3 is 0 Å². The Kier molecular flexibility index (Phi) is 7.34. The van der Waals surface area contributed by atoms with E-state index in [1.54, 1.807) is 18.2 Å². The first-order valence-corrected chi connectivity index (χ1v) is 12.2. The SMILES string of the molecule is CC(C)Oc1ccc(C(N)=O)cc1Nc1nc2c(ccc3nc(C(=O)N4CCN(C)CC4)[nH]c32)s1.Cl. The number of ether oxygens (including phenoxy) is 1. The van der Waals surface area contributed by atoms with Gasteiger partial charge in [-0.15, -0.1) is 12.4 Å². The van der Waals surface area contributed by atoms with Crippen LogP contribution in [0, 0.1) is 0 Å². The molecular formula is C24H28ClN7O3S. The predicted molar refractivity (Wildman–Crippen MR) is 144 cm³/mol. The summed E-state index contributed by atoms with van der Waals surface area (Å²) in [5, 5.41) is 3.89. The van der Waals surface area contributed by atoms with Gasteiger partial charge in [0.2, 0.25) is 5.91 Å². The van der Waals surface area contributed by atoms with Crippen molar-refractivity contribution in [3.8, 4) is 5.75 Å². The summed E-state index contributed by atoms with van der Waals surface area (Å²) < 4.78 is 6.82. The van der Waals surface area contributed by atoms with Crippen LogP contribution in [0.5, 0.6) is 5.75 Å². The average Bonchev–Trinajstić information content (AvgIpc) is 3.43. The smallest absolute Gasteiger partial charge is 0.289 e. The number of H-pyrrole nitrogens is 1. The van der Waals surface area contributed by atoms with Crippen LogP contribution in [0.4, 0.5) is 10.8 Å². The molecule has 2 aromatic carbocycles. The minimum atomic E-state index is -0.523. The number of nitrogens with two attached hydrogens (primary N) is 1. The van der Waals surface area contributed by atoms with Gasteiger partial charge in [-0.3, -0.25) is 9.59 Å². The number of amides is 2. The summed E-state index contributed by atoms with van der Waals surface area (Å²) in [6, 6.07) is 8.84. The number of thiazole rings is 1. The van der Waals surface area contributed by atoms with E-state index >= 15 is 0 Å². The molecule has 3 heterocycles. The number of hydrogen-bond donors (Lipinski definition) is 3. The third-order valence-corrected chi connectivity index (χ3v) is 6.81. The fourth-order valence-electron chi connectivity index (χ4n) is 4.03. The summed E-state index contributed by atoms with van der Waals surface area (Å²) in [5.74, 6) is 0.289. The zero-order chi connectivity index (χ0) is 24.7. The molecule has 1 saturated heterocycles. The first-order chi connectivity index (χ1) is 16.8. The number of aromatic amines is 1. The maximum atomic E-state index is 13.0. The van der Waals surface area contributed by atoms with E-state index in [1.807, 2.05) is 30.9 Å². The van der Waals surface area contributed by atoms with Gasteiger partial charge in [0.25, 0.3) is 5.91 Å². The minimum Gasteiger partial charge on any atom is -0.489 e. The molecule has 0 spiro atoms. The second-order valence-electron chi connectivity index (χ2n) is 8.87. The zero-order valence-electron chi connectivity index (χ0n) is 20.2. The van der Waals surface area contributed by atoms with Crippen LogP contribution in [0.3, 0.4) is 0 Å². The van der Waals surface area contributed by atoms with Gasteiger partial charge in [-0.05, 0) is 51.2 Å². The Morgan fingerprint density at radius 3 is 2.58 bits per heavy atom. The molecule has 4 N–H and O–H groups in total. The second kappa shape index (κ2) is 10.3. The molecule has 0 atom stereocenters. The van der Waals surface area contributed by atoms with Crippen molar-refractivity contribution in [1.29, 1.82) is 0 Å². The van der Waals surface area contributed by atoms with E-state index in [2.05, 4.69) is 27.2 Å². The van der Waals surface area contributed by atoms with Crippen LogP contribution in [0.1, 0.15) is 34.8 Å². The molecule has 0 radical (unpaired) electrons. The minimum absolute atomic E-state index is 0. The van der Waals surface area contributed by atoms with Gasteiger partial charge in [-0.2, -0.15) is 0 Å². The van der Waals surface area contributed by atoms with Crippen LogP contribution in [0.2, 0.25) is 0 Å². The topological polar surface area (TPSA) is 129 Å². The number of benzene rings is 2. The normalized spacial score (nSPS) is 14.3. The monoisotopic (exact) mass is 529 g/mol. The van der Waals surface area contributed by atoms with Crippen molar-refractivity contribution in [3.05, 3.63) is 41.7 Å². The quantitative estimate of drug-likeness (QED) is 0.348. The second-order valence-corrected chi connectivity index (χ2v) is 9.90. The fraction of sp³-hybridized carbons (Fsp3) is 0.333. The van der Waals surface area contributed by atoms with E-state index in [1.165, 1.54) is 11.3 Å². The Balaban J connectivity index is 0.00000304. The molecule has 1 aliphatic heterocycles. The Bertz CT molecular complexity index is 1430. The lowest BCUT2D eigenvalue weighted by Crippen LogP contribution is -2.47. The van der Waals surface area contributed by atoms with Gasteiger partial charge in [0.15, 0.2) is 11.0 Å². The number of anilines is 2. The molecule has 0 saturated carbocycles. The van der Waals surface area contributed by atoms with Gasteiger partial charge in [-0.1, -0.05) is 11.3 Å². The highest BCUT2D eigenvalue weighted by Crippen LogP contribution is 2.35. The van der Waals surface area contributed by atoms with E-state index in [0.29, 0.717) is 52.1 Å². The molecule has 2 aromatic heterocycles. The maximum absolute atomic E-state index is 13.0.